The van der Waals surface area contributed by atoms with Gasteiger partial charge in [0.25, 0.3) is 0 Å². The van der Waals surface area contributed by atoms with Crippen LogP contribution in [0.3, 0.4) is 0 Å². The molecule has 0 radical (unpaired) electrons. The van der Waals surface area contributed by atoms with Crippen LogP contribution in [0.15, 0.2) is 18.3 Å². The van der Waals surface area contributed by atoms with E-state index < -0.39 is 17.7 Å². The number of fused-ring (bicyclic) bond motifs is 1. The number of hydrogen-bond acceptors (Lipinski definition) is 3. The summed E-state index contributed by atoms with van der Waals surface area (Å²) in [6, 6.07) is 2.90. The molecule has 1 aromatic carbocycles. The second-order valence-electron chi connectivity index (χ2n) is 7.39. The van der Waals surface area contributed by atoms with Gasteiger partial charge in [-0.15, -0.1) is 0 Å². The second-order valence-corrected chi connectivity index (χ2v) is 8.14. The van der Waals surface area contributed by atoms with Crippen LogP contribution in [0.4, 0.5) is 13.2 Å². The SMILES string of the molecule is CC(C)n1c([C@@H]2CCC(F)(F)C2)nc2c(F)cc(-c3nc(Cl)ncc3Cl)cc21. The van der Waals surface area contributed by atoms with Crippen LogP contribution in [0.25, 0.3) is 22.3 Å². The standard InChI is InChI=1S/C19H17Cl2F3N4/c1-9(2)28-14-6-11(15-12(20)8-25-18(21)27-15)5-13(22)16(14)26-17(28)10-3-4-19(23,24)7-10/h5-6,8-10H,3-4,7H2,1-2H3/t10-/m1/s1. The molecule has 3 aromatic rings. The Hall–Kier alpha value is -1.86. The molecule has 0 saturated heterocycles. The van der Waals surface area contributed by atoms with Crippen molar-refractivity contribution in [2.75, 3.05) is 0 Å². The summed E-state index contributed by atoms with van der Waals surface area (Å²) in [5, 5.41) is 0.223. The lowest BCUT2D eigenvalue weighted by molar-refractivity contribution is 0.00744. The predicted octanol–water partition coefficient (Wildman–Crippen LogP) is 6.42. The minimum Gasteiger partial charge on any atom is -0.325 e. The predicted molar refractivity (Wildman–Crippen MR) is 103 cm³/mol. The minimum absolute atomic E-state index is 0.00820. The molecule has 0 spiro atoms. The Morgan fingerprint density at radius 2 is 1.96 bits per heavy atom. The molecule has 1 aliphatic rings. The quantitative estimate of drug-likeness (QED) is 0.451. The van der Waals surface area contributed by atoms with Crippen LogP contribution in [0.5, 0.6) is 0 Å². The normalized spacial score (nSPS) is 19.1. The summed E-state index contributed by atoms with van der Waals surface area (Å²) >= 11 is 12.0. The zero-order chi connectivity index (χ0) is 20.2. The number of imidazole rings is 1. The summed E-state index contributed by atoms with van der Waals surface area (Å²) in [7, 11) is 0. The maximum atomic E-state index is 14.9. The zero-order valence-corrected chi connectivity index (χ0v) is 16.7. The summed E-state index contributed by atoms with van der Waals surface area (Å²) in [6.07, 6.45) is 1.22. The van der Waals surface area contributed by atoms with Gasteiger partial charge in [0.2, 0.25) is 11.2 Å². The average Bonchev–Trinajstić information content (AvgIpc) is 3.17. The molecule has 4 rings (SSSR count). The van der Waals surface area contributed by atoms with Crippen LogP contribution in [0.2, 0.25) is 10.3 Å². The Bertz CT molecular complexity index is 1070. The highest BCUT2D eigenvalue weighted by atomic mass is 35.5. The number of rotatable bonds is 3. The molecule has 0 unspecified atom stereocenters. The lowest BCUT2D eigenvalue weighted by Crippen LogP contribution is -2.13. The molecule has 9 heteroatoms. The van der Waals surface area contributed by atoms with E-state index in [1.807, 2.05) is 18.4 Å². The number of hydrogen-bond donors (Lipinski definition) is 0. The molecule has 0 aliphatic heterocycles. The van der Waals surface area contributed by atoms with Gasteiger partial charge in [-0.1, -0.05) is 11.6 Å². The molecule has 1 aliphatic carbocycles. The van der Waals surface area contributed by atoms with Crippen molar-refractivity contribution in [3.63, 3.8) is 0 Å². The minimum atomic E-state index is -2.71. The summed E-state index contributed by atoms with van der Waals surface area (Å²) in [4.78, 5) is 12.3. The number of nitrogens with zero attached hydrogens (tertiary/aromatic N) is 4. The largest absolute Gasteiger partial charge is 0.325 e. The maximum absolute atomic E-state index is 14.9. The van der Waals surface area contributed by atoms with Gasteiger partial charge in [0.05, 0.1) is 22.4 Å². The summed E-state index contributed by atoms with van der Waals surface area (Å²) in [5.74, 6) is -3.20. The van der Waals surface area contributed by atoms with Crippen molar-refractivity contribution in [1.82, 2.24) is 19.5 Å². The van der Waals surface area contributed by atoms with E-state index >= 15 is 0 Å². The first-order valence-corrected chi connectivity index (χ1v) is 9.69. The molecular weight excluding hydrogens is 412 g/mol. The van der Waals surface area contributed by atoms with Gasteiger partial charge in [-0.2, -0.15) is 0 Å². The molecule has 1 atom stereocenters. The van der Waals surface area contributed by atoms with Crippen molar-refractivity contribution in [3.8, 4) is 11.3 Å². The lowest BCUT2D eigenvalue weighted by atomic mass is 10.1. The van der Waals surface area contributed by atoms with Gasteiger partial charge in [0.15, 0.2) is 5.82 Å². The molecule has 148 valence electrons. The topological polar surface area (TPSA) is 43.6 Å². The fraction of sp³-hybridized carbons (Fsp3) is 0.421. The van der Waals surface area contributed by atoms with E-state index in [1.54, 1.807) is 6.07 Å². The Morgan fingerprint density at radius 3 is 2.61 bits per heavy atom. The van der Waals surface area contributed by atoms with Gasteiger partial charge in [-0.25, -0.2) is 28.1 Å². The van der Waals surface area contributed by atoms with Gasteiger partial charge in [-0.3, -0.25) is 0 Å². The highest BCUT2D eigenvalue weighted by Gasteiger charge is 2.42. The smallest absolute Gasteiger partial charge is 0.248 e. The Kier molecular flexibility index (Phi) is 4.78. The fourth-order valence-corrected chi connectivity index (χ4v) is 4.19. The molecular formula is C19H17Cl2F3N4. The first-order chi connectivity index (χ1) is 13.2. The number of benzene rings is 1. The average molecular weight is 429 g/mol. The van der Waals surface area contributed by atoms with E-state index in [2.05, 4.69) is 15.0 Å². The Balaban J connectivity index is 1.92. The number of alkyl halides is 2. The monoisotopic (exact) mass is 428 g/mol. The van der Waals surface area contributed by atoms with Crippen LogP contribution in [0.1, 0.15) is 50.9 Å². The van der Waals surface area contributed by atoms with Crippen LogP contribution in [-0.2, 0) is 0 Å². The number of halogens is 5. The van der Waals surface area contributed by atoms with Crippen LogP contribution in [0, 0.1) is 5.82 Å². The van der Waals surface area contributed by atoms with Gasteiger partial charge in [0.1, 0.15) is 11.3 Å². The highest BCUT2D eigenvalue weighted by molar-refractivity contribution is 6.33. The second kappa shape index (κ2) is 6.88. The molecule has 0 N–H and O–H groups in total. The van der Waals surface area contributed by atoms with Crippen molar-refractivity contribution < 1.29 is 13.2 Å². The van der Waals surface area contributed by atoms with Crippen molar-refractivity contribution in [2.24, 2.45) is 0 Å². The molecule has 0 bridgehead atoms. The van der Waals surface area contributed by atoms with E-state index in [1.165, 1.54) is 12.3 Å². The summed E-state index contributed by atoms with van der Waals surface area (Å²) in [6.45, 7) is 3.83. The van der Waals surface area contributed by atoms with Gasteiger partial charge in [0, 0.05) is 30.4 Å². The third-order valence-electron chi connectivity index (χ3n) is 5.05. The van der Waals surface area contributed by atoms with E-state index in [0.29, 0.717) is 29.0 Å². The van der Waals surface area contributed by atoms with Crippen molar-refractivity contribution in [2.45, 2.75) is 51.0 Å². The van der Waals surface area contributed by atoms with Gasteiger partial charge < -0.3 is 4.57 Å². The van der Waals surface area contributed by atoms with Crippen LogP contribution < -0.4 is 0 Å². The molecule has 1 saturated carbocycles. The fourth-order valence-electron chi connectivity index (χ4n) is 3.86. The van der Waals surface area contributed by atoms with Gasteiger partial charge in [-0.05, 0) is 44.0 Å². The van der Waals surface area contributed by atoms with Crippen LogP contribution >= 0.6 is 23.2 Å². The summed E-state index contributed by atoms with van der Waals surface area (Å²) < 4.78 is 44.3. The van der Waals surface area contributed by atoms with E-state index in [0.717, 1.165) is 0 Å². The van der Waals surface area contributed by atoms with Crippen molar-refractivity contribution >= 4 is 34.2 Å². The Morgan fingerprint density at radius 1 is 1.21 bits per heavy atom. The third kappa shape index (κ3) is 3.35. The molecule has 28 heavy (non-hydrogen) atoms. The zero-order valence-electron chi connectivity index (χ0n) is 15.2. The lowest BCUT2D eigenvalue weighted by Gasteiger charge is -2.17. The van der Waals surface area contributed by atoms with Crippen molar-refractivity contribution in [3.05, 3.63) is 40.3 Å². The molecule has 4 nitrogen and oxygen atoms in total. The first kappa shape index (κ1) is 19.5. The molecule has 1 fully saturated rings. The van der Waals surface area contributed by atoms with E-state index in [4.69, 9.17) is 23.2 Å². The van der Waals surface area contributed by atoms with Gasteiger partial charge >= 0.3 is 0 Å². The van der Waals surface area contributed by atoms with E-state index in [9.17, 15) is 13.2 Å². The molecule has 2 heterocycles. The Labute approximate surface area is 169 Å². The molecule has 0 amide bonds. The maximum Gasteiger partial charge on any atom is 0.248 e. The summed E-state index contributed by atoms with van der Waals surface area (Å²) in [5.41, 5.74) is 1.39. The number of aromatic nitrogens is 4. The molecule has 2 aromatic heterocycles. The highest BCUT2D eigenvalue weighted by Crippen LogP contribution is 2.45. The van der Waals surface area contributed by atoms with Crippen molar-refractivity contribution in [1.29, 1.82) is 0 Å². The van der Waals surface area contributed by atoms with E-state index in [-0.39, 0.29) is 34.7 Å². The third-order valence-corrected chi connectivity index (χ3v) is 5.51. The first-order valence-electron chi connectivity index (χ1n) is 8.94. The van der Waals surface area contributed by atoms with Crippen LogP contribution in [-0.4, -0.2) is 25.4 Å².